The lowest BCUT2D eigenvalue weighted by atomic mass is 9.99. The van der Waals surface area contributed by atoms with Crippen LogP contribution in [0.15, 0.2) is 18.2 Å². The van der Waals surface area contributed by atoms with E-state index in [1.54, 1.807) is 12.1 Å². The van der Waals surface area contributed by atoms with Gasteiger partial charge in [0.05, 0.1) is 13.2 Å². The van der Waals surface area contributed by atoms with Gasteiger partial charge in [0.25, 0.3) is 5.91 Å². The maximum atomic E-state index is 13.2. The molecule has 7 heteroatoms. The first-order valence-corrected chi connectivity index (χ1v) is 10.6. The summed E-state index contributed by atoms with van der Waals surface area (Å²) in [7, 11) is 1.34. The van der Waals surface area contributed by atoms with E-state index in [9.17, 15) is 14.7 Å². The van der Waals surface area contributed by atoms with Crippen LogP contribution in [0.1, 0.15) is 62.6 Å². The van der Waals surface area contributed by atoms with Gasteiger partial charge in [0.15, 0.2) is 0 Å². The van der Waals surface area contributed by atoms with Crippen LogP contribution in [-0.2, 0) is 20.7 Å². The summed E-state index contributed by atoms with van der Waals surface area (Å²) < 4.78 is 10.3. The van der Waals surface area contributed by atoms with Gasteiger partial charge in [-0.1, -0.05) is 6.07 Å². The van der Waals surface area contributed by atoms with Crippen LogP contribution in [0.3, 0.4) is 0 Å². The van der Waals surface area contributed by atoms with E-state index >= 15 is 0 Å². The van der Waals surface area contributed by atoms with Gasteiger partial charge < -0.3 is 24.8 Å². The zero-order chi connectivity index (χ0) is 20.8. The molecule has 1 aliphatic heterocycles. The maximum Gasteiger partial charge on any atom is 0.406 e. The number of carbonyl (C=O) groups excluding carboxylic acids is 2. The number of ether oxygens (including phenoxy) is 2. The average molecular weight is 405 g/mol. The summed E-state index contributed by atoms with van der Waals surface area (Å²) in [5.41, 5.74) is 1.91. The Kier molecular flexibility index (Phi) is 7.36. The smallest absolute Gasteiger partial charge is 0.406 e. The number of phenols is 1. The number of rotatable bonds is 8. The first-order valence-electron chi connectivity index (χ1n) is 10.6. The van der Waals surface area contributed by atoms with Crippen molar-refractivity contribution in [3.63, 3.8) is 0 Å². The number of aryl methyl sites for hydroxylation is 1. The van der Waals surface area contributed by atoms with Crippen molar-refractivity contribution in [2.75, 3.05) is 20.3 Å². The van der Waals surface area contributed by atoms with Crippen molar-refractivity contribution in [2.24, 2.45) is 0 Å². The maximum absolute atomic E-state index is 13.2. The Balaban J connectivity index is 1.67. The standard InChI is InChI=1S/C22H32N2O5/c1-15(24(18-8-9-18)21(26)20-7-3-4-11-29-20)17-12-16(13-19(25)14-17)6-5-10-23-22(27)28-2/h12-15,18,20,25H,3-11H2,1-2H3,(H,23,27)/t15-,20-/m1/s1. The number of nitrogens with zero attached hydrogens (tertiary/aromatic N) is 1. The third kappa shape index (κ3) is 5.85. The predicted molar refractivity (Wildman–Crippen MR) is 109 cm³/mol. The number of alkyl carbamates (subject to hydrolysis) is 1. The summed E-state index contributed by atoms with van der Waals surface area (Å²) in [6.45, 7) is 3.18. The molecule has 1 aromatic rings. The van der Waals surface area contributed by atoms with Crippen LogP contribution in [0.2, 0.25) is 0 Å². The van der Waals surface area contributed by atoms with Crippen molar-refractivity contribution < 1.29 is 24.2 Å². The number of carbonyl (C=O) groups is 2. The van der Waals surface area contributed by atoms with E-state index in [1.807, 2.05) is 17.9 Å². The number of phenolic OH excluding ortho intramolecular Hbond substituents is 1. The number of benzene rings is 1. The summed E-state index contributed by atoms with van der Waals surface area (Å²) >= 11 is 0. The first kappa shape index (κ1) is 21.4. The molecule has 3 rings (SSSR count). The molecule has 1 saturated carbocycles. The Bertz CT molecular complexity index is 713. The van der Waals surface area contributed by atoms with Gasteiger partial charge in [0.2, 0.25) is 0 Å². The molecule has 2 atom stereocenters. The molecule has 1 heterocycles. The van der Waals surface area contributed by atoms with Gasteiger partial charge in [0.1, 0.15) is 11.9 Å². The molecule has 2 fully saturated rings. The molecular weight excluding hydrogens is 372 g/mol. The lowest BCUT2D eigenvalue weighted by Crippen LogP contribution is -2.44. The Morgan fingerprint density at radius 1 is 1.28 bits per heavy atom. The van der Waals surface area contributed by atoms with E-state index in [1.165, 1.54) is 7.11 Å². The molecule has 7 nitrogen and oxygen atoms in total. The lowest BCUT2D eigenvalue weighted by molar-refractivity contribution is -0.149. The summed E-state index contributed by atoms with van der Waals surface area (Å²) in [6, 6.07) is 5.66. The van der Waals surface area contributed by atoms with Crippen LogP contribution in [0.4, 0.5) is 4.79 Å². The van der Waals surface area contributed by atoms with Crippen molar-refractivity contribution in [3.05, 3.63) is 29.3 Å². The van der Waals surface area contributed by atoms with Crippen molar-refractivity contribution in [1.82, 2.24) is 10.2 Å². The van der Waals surface area contributed by atoms with Crippen LogP contribution < -0.4 is 5.32 Å². The molecule has 1 saturated heterocycles. The van der Waals surface area contributed by atoms with Crippen LogP contribution in [0, 0.1) is 0 Å². The Hall–Kier alpha value is -2.28. The molecule has 0 spiro atoms. The summed E-state index contributed by atoms with van der Waals surface area (Å²) in [6.07, 6.45) is 5.53. The molecule has 0 bridgehead atoms. The Morgan fingerprint density at radius 3 is 2.72 bits per heavy atom. The van der Waals surface area contributed by atoms with E-state index in [0.717, 1.165) is 49.7 Å². The Labute approximate surface area is 172 Å². The number of amides is 2. The minimum Gasteiger partial charge on any atom is -0.508 e. The molecule has 1 aliphatic carbocycles. The second-order valence-electron chi connectivity index (χ2n) is 7.96. The van der Waals surface area contributed by atoms with E-state index < -0.39 is 6.09 Å². The molecule has 1 aromatic carbocycles. The summed E-state index contributed by atoms with van der Waals surface area (Å²) in [5, 5.41) is 12.9. The van der Waals surface area contributed by atoms with Gasteiger partial charge in [-0.15, -0.1) is 0 Å². The monoisotopic (exact) mass is 404 g/mol. The van der Waals surface area contributed by atoms with Crippen LogP contribution in [0.5, 0.6) is 5.75 Å². The number of hydrogen-bond donors (Lipinski definition) is 2. The molecular formula is C22H32N2O5. The van der Waals surface area contributed by atoms with E-state index in [-0.39, 0.29) is 29.8 Å². The number of hydrogen-bond acceptors (Lipinski definition) is 5. The first-order chi connectivity index (χ1) is 14.0. The molecule has 160 valence electrons. The minimum absolute atomic E-state index is 0.0758. The van der Waals surface area contributed by atoms with E-state index in [0.29, 0.717) is 19.6 Å². The van der Waals surface area contributed by atoms with Crippen LogP contribution in [-0.4, -0.2) is 54.4 Å². The average Bonchev–Trinajstić information content (AvgIpc) is 3.56. The molecule has 0 radical (unpaired) electrons. The molecule has 29 heavy (non-hydrogen) atoms. The van der Waals surface area contributed by atoms with E-state index in [2.05, 4.69) is 10.1 Å². The fourth-order valence-electron chi connectivity index (χ4n) is 3.94. The zero-order valence-corrected chi connectivity index (χ0v) is 17.4. The Morgan fingerprint density at radius 2 is 2.07 bits per heavy atom. The van der Waals surface area contributed by atoms with Crippen molar-refractivity contribution in [1.29, 1.82) is 0 Å². The minimum atomic E-state index is -0.446. The van der Waals surface area contributed by atoms with Gasteiger partial charge >= 0.3 is 6.09 Å². The van der Waals surface area contributed by atoms with Crippen LogP contribution in [0.25, 0.3) is 0 Å². The highest BCUT2D eigenvalue weighted by Crippen LogP contribution is 2.37. The largest absolute Gasteiger partial charge is 0.508 e. The molecule has 2 aliphatic rings. The lowest BCUT2D eigenvalue weighted by Gasteiger charge is -2.34. The number of nitrogens with one attached hydrogen (secondary N) is 1. The fraction of sp³-hybridized carbons (Fsp3) is 0.636. The molecule has 2 N–H and O–H groups in total. The molecule has 2 amide bonds. The third-order valence-corrected chi connectivity index (χ3v) is 5.65. The fourth-order valence-corrected chi connectivity index (χ4v) is 3.94. The van der Waals surface area contributed by atoms with Crippen LogP contribution >= 0.6 is 0 Å². The van der Waals surface area contributed by atoms with Gasteiger partial charge in [-0.3, -0.25) is 4.79 Å². The SMILES string of the molecule is COC(=O)NCCCc1cc(O)cc([C@@H](C)N(C(=O)[C@H]2CCCCO2)C2CC2)c1. The van der Waals surface area contributed by atoms with Gasteiger partial charge in [-0.05, 0) is 75.1 Å². The van der Waals surface area contributed by atoms with Crippen molar-refractivity contribution >= 4 is 12.0 Å². The highest BCUT2D eigenvalue weighted by atomic mass is 16.5. The summed E-state index contributed by atoms with van der Waals surface area (Å²) in [4.78, 5) is 26.3. The zero-order valence-electron chi connectivity index (χ0n) is 17.4. The quantitative estimate of drug-likeness (QED) is 0.649. The van der Waals surface area contributed by atoms with Gasteiger partial charge in [-0.2, -0.15) is 0 Å². The topological polar surface area (TPSA) is 88.1 Å². The molecule has 0 aromatic heterocycles. The van der Waals surface area contributed by atoms with Crippen molar-refractivity contribution in [3.8, 4) is 5.75 Å². The third-order valence-electron chi connectivity index (χ3n) is 5.65. The van der Waals surface area contributed by atoms with Gasteiger partial charge in [-0.25, -0.2) is 4.79 Å². The normalized spacial score (nSPS) is 20.0. The highest BCUT2D eigenvalue weighted by molar-refractivity contribution is 5.82. The second-order valence-corrected chi connectivity index (χ2v) is 7.96. The van der Waals surface area contributed by atoms with Gasteiger partial charge in [0, 0.05) is 19.2 Å². The van der Waals surface area contributed by atoms with Crippen molar-refractivity contribution in [2.45, 2.75) is 70.1 Å². The number of methoxy groups -OCH3 is 1. The summed E-state index contributed by atoms with van der Waals surface area (Å²) in [5.74, 6) is 0.272. The highest BCUT2D eigenvalue weighted by Gasteiger charge is 2.39. The number of aromatic hydroxyl groups is 1. The molecule has 0 unspecified atom stereocenters. The van der Waals surface area contributed by atoms with E-state index in [4.69, 9.17) is 4.74 Å². The predicted octanol–water partition coefficient (Wildman–Crippen LogP) is 3.30. The second kappa shape index (κ2) is 9.96.